The molecular formula is C29H24N6O7S. The number of rotatable bonds is 9. The van der Waals surface area contributed by atoms with Crippen molar-refractivity contribution >= 4 is 41.2 Å². The summed E-state index contributed by atoms with van der Waals surface area (Å²) in [6, 6.07) is 21.3. The Morgan fingerprint density at radius 3 is 2.56 bits per heavy atom. The number of hydrogen-bond acceptors (Lipinski definition) is 8. The summed E-state index contributed by atoms with van der Waals surface area (Å²) in [5.74, 6) is -0.391. The summed E-state index contributed by atoms with van der Waals surface area (Å²) >= 11 is 1.24. The molecule has 4 rings (SSSR count). The van der Waals surface area contributed by atoms with Gasteiger partial charge in [-0.15, -0.1) is 16.3 Å². The van der Waals surface area contributed by atoms with Crippen molar-refractivity contribution in [1.82, 2.24) is 15.6 Å². The number of nitrogens with one attached hydrogen (secondary N) is 3. The molecule has 0 spiro atoms. The first-order chi connectivity index (χ1) is 20.8. The third-order valence-corrected chi connectivity index (χ3v) is 6.60. The molecule has 0 aliphatic rings. The number of para-hydroxylation sites is 1. The van der Waals surface area contributed by atoms with Gasteiger partial charge in [-0.1, -0.05) is 36.4 Å². The molecule has 218 valence electrons. The fourth-order valence-electron chi connectivity index (χ4n) is 3.96. The summed E-state index contributed by atoms with van der Waals surface area (Å²) in [6.45, 7) is -0.0171. The highest BCUT2D eigenvalue weighted by atomic mass is 32.1. The SMILES string of the molecule is COCOc1ccccc1-c1cc(-c2cccc(CNC(=NC(=O)O)NC(=O)O)c2)c(C#N)c(NC(=O)c2cccs2)n1. The Labute approximate surface area is 249 Å². The number of ether oxygens (including phenoxy) is 2. The van der Waals surface area contributed by atoms with Crippen molar-refractivity contribution in [3.63, 3.8) is 0 Å². The Bertz CT molecular complexity index is 1720. The molecule has 5 N–H and O–H groups in total. The largest absolute Gasteiger partial charge is 0.467 e. The van der Waals surface area contributed by atoms with Crippen molar-refractivity contribution < 1.29 is 34.1 Å². The molecule has 2 aromatic heterocycles. The van der Waals surface area contributed by atoms with E-state index in [4.69, 9.17) is 19.7 Å². The van der Waals surface area contributed by atoms with Gasteiger partial charge in [-0.05, 0) is 46.8 Å². The van der Waals surface area contributed by atoms with Crippen LogP contribution in [0.4, 0.5) is 15.4 Å². The predicted molar refractivity (Wildman–Crippen MR) is 158 cm³/mol. The van der Waals surface area contributed by atoms with Gasteiger partial charge in [-0.3, -0.25) is 10.1 Å². The van der Waals surface area contributed by atoms with Crippen LogP contribution in [0.3, 0.4) is 0 Å². The van der Waals surface area contributed by atoms with Crippen molar-refractivity contribution in [3.8, 4) is 34.2 Å². The van der Waals surface area contributed by atoms with Gasteiger partial charge in [0.15, 0.2) is 12.6 Å². The number of aliphatic imine (C=N–C) groups is 1. The van der Waals surface area contributed by atoms with Gasteiger partial charge >= 0.3 is 12.2 Å². The second-order valence-corrected chi connectivity index (χ2v) is 9.54. The van der Waals surface area contributed by atoms with Crippen molar-refractivity contribution in [1.29, 1.82) is 5.26 Å². The fraction of sp³-hybridized carbons (Fsp3) is 0.103. The van der Waals surface area contributed by atoms with Crippen molar-refractivity contribution in [2.24, 2.45) is 4.99 Å². The first-order valence-electron chi connectivity index (χ1n) is 12.4. The van der Waals surface area contributed by atoms with E-state index in [0.29, 0.717) is 38.6 Å². The number of pyridine rings is 1. The lowest BCUT2D eigenvalue weighted by Gasteiger charge is -2.16. The molecule has 14 heteroatoms. The summed E-state index contributed by atoms with van der Waals surface area (Å²) in [7, 11) is 1.49. The third kappa shape index (κ3) is 7.91. The monoisotopic (exact) mass is 600 g/mol. The van der Waals surface area contributed by atoms with Crippen molar-refractivity contribution in [2.75, 3.05) is 19.2 Å². The Morgan fingerprint density at radius 2 is 1.86 bits per heavy atom. The number of nitrogens with zero attached hydrogens (tertiary/aromatic N) is 3. The molecule has 43 heavy (non-hydrogen) atoms. The number of thiophene rings is 1. The van der Waals surface area contributed by atoms with E-state index in [0.717, 1.165) is 0 Å². The first-order valence-corrected chi connectivity index (χ1v) is 13.3. The molecule has 3 amide bonds. The highest BCUT2D eigenvalue weighted by Crippen LogP contribution is 2.36. The molecule has 0 radical (unpaired) electrons. The molecule has 0 aliphatic heterocycles. The van der Waals surface area contributed by atoms with Crippen LogP contribution in [-0.2, 0) is 11.3 Å². The van der Waals surface area contributed by atoms with Crippen molar-refractivity contribution in [2.45, 2.75) is 6.54 Å². The number of aromatic nitrogens is 1. The number of amides is 3. The lowest BCUT2D eigenvalue weighted by Crippen LogP contribution is -2.40. The van der Waals surface area contributed by atoms with E-state index >= 15 is 0 Å². The van der Waals surface area contributed by atoms with Gasteiger partial charge in [-0.2, -0.15) is 5.26 Å². The van der Waals surface area contributed by atoms with Crippen LogP contribution in [0.5, 0.6) is 5.75 Å². The molecule has 0 fully saturated rings. The van der Waals surface area contributed by atoms with Crippen LogP contribution in [0.25, 0.3) is 22.4 Å². The molecule has 0 unspecified atom stereocenters. The maximum Gasteiger partial charge on any atom is 0.434 e. The number of nitriles is 1. The second-order valence-electron chi connectivity index (χ2n) is 8.60. The van der Waals surface area contributed by atoms with Gasteiger partial charge in [0.25, 0.3) is 5.91 Å². The molecule has 0 atom stereocenters. The second kappa shape index (κ2) is 14.2. The number of hydrogen-bond donors (Lipinski definition) is 5. The number of methoxy groups -OCH3 is 1. The van der Waals surface area contributed by atoms with E-state index < -0.39 is 24.1 Å². The average Bonchev–Trinajstić information content (AvgIpc) is 3.54. The summed E-state index contributed by atoms with van der Waals surface area (Å²) in [5.41, 5.74) is 2.73. The predicted octanol–water partition coefficient (Wildman–Crippen LogP) is 4.97. The molecular weight excluding hydrogens is 576 g/mol. The normalized spacial score (nSPS) is 10.8. The summed E-state index contributed by atoms with van der Waals surface area (Å²) in [4.78, 5) is 43.3. The van der Waals surface area contributed by atoms with Crippen LogP contribution in [0.1, 0.15) is 20.8 Å². The summed E-state index contributed by atoms with van der Waals surface area (Å²) in [5, 5.41) is 37.2. The zero-order valence-corrected chi connectivity index (χ0v) is 23.3. The minimum Gasteiger partial charge on any atom is -0.467 e. The molecule has 0 aliphatic carbocycles. The smallest absolute Gasteiger partial charge is 0.434 e. The molecule has 2 heterocycles. The number of carbonyl (C=O) groups is 3. The lowest BCUT2D eigenvalue weighted by molar-refractivity contribution is 0.0515. The minimum atomic E-state index is -1.58. The standard InChI is InChI=1S/C29H24N6O7S/c1-41-16-42-23-9-3-2-8-19(23)22-13-20(21(14-30)25(32-22)33-26(36)24-10-5-11-43-24)18-7-4-6-17(12-18)15-31-27(34-28(37)38)35-29(39)40/h2-13H,15-16H2,1H3,(H,37,38)(H,39,40)(H2,31,34,35)(H,32,33,36). The lowest BCUT2D eigenvalue weighted by atomic mass is 9.96. The van der Waals surface area contributed by atoms with Crippen LogP contribution < -0.4 is 20.7 Å². The number of guanidine groups is 1. The number of benzene rings is 2. The highest BCUT2D eigenvalue weighted by Gasteiger charge is 2.20. The molecule has 0 bridgehead atoms. The first kappa shape index (κ1) is 30.2. The Morgan fingerprint density at radius 1 is 1.05 bits per heavy atom. The van der Waals surface area contributed by atoms with E-state index in [-0.39, 0.29) is 24.7 Å². The van der Waals surface area contributed by atoms with Gasteiger partial charge in [0, 0.05) is 24.8 Å². The van der Waals surface area contributed by atoms with E-state index in [1.807, 2.05) is 5.32 Å². The van der Waals surface area contributed by atoms with Crippen molar-refractivity contribution in [3.05, 3.63) is 88.1 Å². The molecule has 4 aromatic rings. The van der Waals surface area contributed by atoms with Gasteiger partial charge in [0.2, 0.25) is 5.96 Å². The van der Waals surface area contributed by atoms with Gasteiger partial charge < -0.3 is 30.3 Å². The van der Waals surface area contributed by atoms with Crippen LogP contribution in [-0.4, -0.2) is 53.2 Å². The number of carbonyl (C=O) groups excluding carboxylic acids is 1. The fourth-order valence-corrected chi connectivity index (χ4v) is 4.58. The third-order valence-electron chi connectivity index (χ3n) is 5.73. The van der Waals surface area contributed by atoms with Crippen LogP contribution >= 0.6 is 11.3 Å². The minimum absolute atomic E-state index is 0.00424. The topological polar surface area (TPSA) is 195 Å². The van der Waals surface area contributed by atoms with E-state index in [2.05, 4.69) is 26.7 Å². The molecule has 0 saturated carbocycles. The summed E-state index contributed by atoms with van der Waals surface area (Å²) in [6.07, 6.45) is -3.07. The maximum atomic E-state index is 13.0. The highest BCUT2D eigenvalue weighted by molar-refractivity contribution is 7.12. The van der Waals surface area contributed by atoms with E-state index in [9.17, 15) is 19.6 Å². The maximum absolute atomic E-state index is 13.0. The van der Waals surface area contributed by atoms with E-state index in [1.165, 1.54) is 18.4 Å². The molecule has 13 nitrogen and oxygen atoms in total. The number of carboxylic acid groups (broad SMARTS) is 2. The molecule has 0 saturated heterocycles. The zero-order valence-electron chi connectivity index (χ0n) is 22.5. The van der Waals surface area contributed by atoms with E-state index in [1.54, 1.807) is 72.1 Å². The number of anilines is 1. The van der Waals surface area contributed by atoms with Crippen LogP contribution in [0.15, 0.2) is 77.1 Å². The Hall–Kier alpha value is -5.78. The van der Waals surface area contributed by atoms with Crippen LogP contribution in [0.2, 0.25) is 0 Å². The zero-order chi connectivity index (χ0) is 30.8. The van der Waals surface area contributed by atoms with Gasteiger partial charge in [0.05, 0.1) is 10.6 Å². The van der Waals surface area contributed by atoms with Gasteiger partial charge in [0.1, 0.15) is 17.4 Å². The van der Waals surface area contributed by atoms with Crippen LogP contribution in [0, 0.1) is 11.3 Å². The summed E-state index contributed by atoms with van der Waals surface area (Å²) < 4.78 is 10.8. The average molecular weight is 601 g/mol. The molecule has 2 aromatic carbocycles. The Kier molecular flexibility index (Phi) is 9.98. The Balaban J connectivity index is 1.79. The van der Waals surface area contributed by atoms with Gasteiger partial charge in [-0.25, -0.2) is 14.6 Å². The quantitative estimate of drug-likeness (QED) is 0.0993.